The molecule has 2 aromatic rings. The highest BCUT2D eigenvalue weighted by Crippen LogP contribution is 2.19. The fourth-order valence-corrected chi connectivity index (χ4v) is 3.29. The van der Waals surface area contributed by atoms with E-state index in [2.05, 4.69) is 5.32 Å². The van der Waals surface area contributed by atoms with Crippen molar-refractivity contribution in [3.63, 3.8) is 0 Å². The highest BCUT2D eigenvalue weighted by Gasteiger charge is 2.29. The van der Waals surface area contributed by atoms with Gasteiger partial charge in [0, 0.05) is 12.6 Å². The Balaban J connectivity index is 2.29. The summed E-state index contributed by atoms with van der Waals surface area (Å²) in [5, 5.41) is 2.94. The van der Waals surface area contributed by atoms with Crippen molar-refractivity contribution in [2.45, 2.75) is 52.2 Å². The van der Waals surface area contributed by atoms with E-state index in [9.17, 15) is 9.59 Å². The highest BCUT2D eigenvalue weighted by molar-refractivity contribution is 5.88. The maximum absolute atomic E-state index is 13.3. The van der Waals surface area contributed by atoms with E-state index in [0.29, 0.717) is 13.0 Å². The molecule has 0 fully saturated rings. The monoisotopic (exact) mass is 412 g/mol. The van der Waals surface area contributed by atoms with Gasteiger partial charge in [0.25, 0.3) is 0 Å². The van der Waals surface area contributed by atoms with Crippen molar-refractivity contribution in [1.29, 1.82) is 0 Å². The third-order valence-corrected chi connectivity index (χ3v) is 4.82. The zero-order chi connectivity index (χ0) is 22.1. The Morgan fingerprint density at radius 2 is 1.63 bits per heavy atom. The van der Waals surface area contributed by atoms with Crippen molar-refractivity contribution in [3.05, 3.63) is 59.7 Å². The van der Waals surface area contributed by atoms with Gasteiger partial charge in [0.1, 0.15) is 17.5 Å². The predicted molar refractivity (Wildman–Crippen MR) is 118 cm³/mol. The predicted octanol–water partition coefficient (Wildman–Crippen LogP) is 3.58. The van der Waals surface area contributed by atoms with Crippen LogP contribution in [0.15, 0.2) is 48.5 Å². The van der Waals surface area contributed by atoms with Crippen molar-refractivity contribution >= 4 is 11.8 Å². The second kappa shape index (κ2) is 11.2. The molecule has 0 radical (unpaired) electrons. The van der Waals surface area contributed by atoms with Gasteiger partial charge >= 0.3 is 0 Å². The first kappa shape index (κ1) is 23.3. The van der Waals surface area contributed by atoms with E-state index >= 15 is 0 Å². The van der Waals surface area contributed by atoms with Crippen molar-refractivity contribution in [3.8, 4) is 11.5 Å². The molecule has 0 bridgehead atoms. The van der Waals surface area contributed by atoms with Crippen LogP contribution in [-0.2, 0) is 22.6 Å². The number of amides is 2. The van der Waals surface area contributed by atoms with Crippen LogP contribution in [0.3, 0.4) is 0 Å². The maximum Gasteiger partial charge on any atom is 0.243 e. The van der Waals surface area contributed by atoms with Crippen LogP contribution in [0.2, 0.25) is 0 Å². The summed E-state index contributed by atoms with van der Waals surface area (Å²) in [7, 11) is 3.21. The molecule has 1 atom stereocenters. The lowest BCUT2D eigenvalue weighted by atomic mass is 10.1. The van der Waals surface area contributed by atoms with Crippen LogP contribution < -0.4 is 14.8 Å². The SMILES string of the molecule is CC[C@@H](C(=O)NC(C)C)N(Cc1cccc(OC)c1)C(=O)Cc1ccc(OC)cc1. The molecule has 2 amide bonds. The first-order chi connectivity index (χ1) is 14.4. The maximum atomic E-state index is 13.3. The molecule has 0 heterocycles. The summed E-state index contributed by atoms with van der Waals surface area (Å²) in [6, 6.07) is 14.4. The molecule has 0 aliphatic rings. The molecule has 0 spiro atoms. The lowest BCUT2D eigenvalue weighted by Crippen LogP contribution is -2.50. The molecule has 0 aromatic heterocycles. The van der Waals surface area contributed by atoms with E-state index in [0.717, 1.165) is 22.6 Å². The molecular weight excluding hydrogens is 380 g/mol. The number of hydrogen-bond donors (Lipinski definition) is 1. The van der Waals surface area contributed by atoms with Crippen molar-refractivity contribution in [1.82, 2.24) is 10.2 Å². The topological polar surface area (TPSA) is 67.9 Å². The molecule has 2 aromatic carbocycles. The Labute approximate surface area is 179 Å². The van der Waals surface area contributed by atoms with E-state index in [-0.39, 0.29) is 24.3 Å². The van der Waals surface area contributed by atoms with Gasteiger partial charge in [-0.3, -0.25) is 9.59 Å². The molecule has 0 aliphatic heterocycles. The Morgan fingerprint density at radius 1 is 0.967 bits per heavy atom. The summed E-state index contributed by atoms with van der Waals surface area (Å²) in [6.45, 7) is 6.08. The Hall–Kier alpha value is -3.02. The van der Waals surface area contributed by atoms with Crippen molar-refractivity contribution in [2.24, 2.45) is 0 Å². The molecule has 2 rings (SSSR count). The Bertz CT molecular complexity index is 833. The highest BCUT2D eigenvalue weighted by atomic mass is 16.5. The van der Waals surface area contributed by atoms with Crippen molar-refractivity contribution < 1.29 is 19.1 Å². The fourth-order valence-electron chi connectivity index (χ4n) is 3.29. The number of carbonyl (C=O) groups excluding carboxylic acids is 2. The molecule has 0 saturated carbocycles. The quantitative estimate of drug-likeness (QED) is 0.648. The van der Waals surface area contributed by atoms with Gasteiger partial charge in [0.15, 0.2) is 0 Å². The molecule has 0 aliphatic carbocycles. The average molecular weight is 413 g/mol. The summed E-state index contributed by atoms with van der Waals surface area (Å²) < 4.78 is 10.5. The number of rotatable bonds is 10. The van der Waals surface area contributed by atoms with Crippen LogP contribution in [0, 0.1) is 0 Å². The van der Waals surface area contributed by atoms with Crippen LogP contribution in [0.5, 0.6) is 11.5 Å². The molecule has 162 valence electrons. The van der Waals surface area contributed by atoms with Gasteiger partial charge in [-0.1, -0.05) is 31.2 Å². The number of methoxy groups -OCH3 is 2. The molecule has 1 N–H and O–H groups in total. The van der Waals surface area contributed by atoms with E-state index < -0.39 is 6.04 Å². The van der Waals surface area contributed by atoms with Gasteiger partial charge in [-0.05, 0) is 55.7 Å². The summed E-state index contributed by atoms with van der Waals surface area (Å²) in [5.74, 6) is 1.21. The molecule has 0 saturated heterocycles. The summed E-state index contributed by atoms with van der Waals surface area (Å²) in [5.41, 5.74) is 1.78. The van der Waals surface area contributed by atoms with Gasteiger partial charge in [-0.25, -0.2) is 0 Å². The first-order valence-corrected chi connectivity index (χ1v) is 10.2. The standard InChI is InChI=1S/C24H32N2O4/c1-6-22(24(28)25-17(2)3)26(16-19-8-7-9-21(14-19)30-5)23(27)15-18-10-12-20(29-4)13-11-18/h7-14,17,22H,6,15-16H2,1-5H3,(H,25,28)/t22-/m0/s1. The second-order valence-corrected chi connectivity index (χ2v) is 7.49. The van der Waals surface area contributed by atoms with Gasteiger partial charge < -0.3 is 19.7 Å². The number of benzene rings is 2. The lowest BCUT2D eigenvalue weighted by Gasteiger charge is -2.31. The van der Waals surface area contributed by atoms with Gasteiger partial charge in [-0.15, -0.1) is 0 Å². The van der Waals surface area contributed by atoms with E-state index in [1.807, 2.05) is 69.3 Å². The van der Waals surface area contributed by atoms with Crippen LogP contribution in [0.4, 0.5) is 0 Å². The summed E-state index contributed by atoms with van der Waals surface area (Å²) in [4.78, 5) is 27.8. The number of ether oxygens (including phenoxy) is 2. The zero-order valence-electron chi connectivity index (χ0n) is 18.5. The first-order valence-electron chi connectivity index (χ1n) is 10.2. The normalized spacial score (nSPS) is 11.7. The van der Waals surface area contributed by atoms with Crippen LogP contribution in [0.1, 0.15) is 38.3 Å². The van der Waals surface area contributed by atoms with E-state index in [1.165, 1.54) is 0 Å². The smallest absolute Gasteiger partial charge is 0.243 e. The average Bonchev–Trinajstić information content (AvgIpc) is 2.73. The molecule has 6 nitrogen and oxygen atoms in total. The number of nitrogens with zero attached hydrogens (tertiary/aromatic N) is 1. The van der Waals surface area contributed by atoms with Crippen LogP contribution >= 0.6 is 0 Å². The fraction of sp³-hybridized carbons (Fsp3) is 0.417. The summed E-state index contributed by atoms with van der Waals surface area (Å²) in [6.07, 6.45) is 0.732. The minimum atomic E-state index is -0.552. The zero-order valence-corrected chi connectivity index (χ0v) is 18.5. The molecule has 30 heavy (non-hydrogen) atoms. The lowest BCUT2D eigenvalue weighted by molar-refractivity contribution is -0.141. The Morgan fingerprint density at radius 3 is 2.20 bits per heavy atom. The molecule has 0 unspecified atom stereocenters. The largest absolute Gasteiger partial charge is 0.497 e. The van der Waals surface area contributed by atoms with E-state index in [4.69, 9.17) is 9.47 Å². The third-order valence-electron chi connectivity index (χ3n) is 4.82. The minimum Gasteiger partial charge on any atom is -0.497 e. The molecular formula is C24H32N2O4. The summed E-state index contributed by atoms with van der Waals surface area (Å²) >= 11 is 0. The van der Waals surface area contributed by atoms with Gasteiger partial charge in [-0.2, -0.15) is 0 Å². The minimum absolute atomic E-state index is 0.00177. The number of nitrogens with one attached hydrogen (secondary N) is 1. The van der Waals surface area contributed by atoms with Crippen LogP contribution in [-0.4, -0.2) is 43.0 Å². The number of hydrogen-bond acceptors (Lipinski definition) is 4. The van der Waals surface area contributed by atoms with Crippen LogP contribution in [0.25, 0.3) is 0 Å². The Kier molecular flexibility index (Phi) is 8.71. The van der Waals surface area contributed by atoms with Gasteiger partial charge in [0.05, 0.1) is 20.6 Å². The van der Waals surface area contributed by atoms with Gasteiger partial charge in [0.2, 0.25) is 11.8 Å². The third kappa shape index (κ3) is 6.51. The van der Waals surface area contributed by atoms with E-state index in [1.54, 1.807) is 19.1 Å². The van der Waals surface area contributed by atoms with Crippen molar-refractivity contribution in [2.75, 3.05) is 14.2 Å². The second-order valence-electron chi connectivity index (χ2n) is 7.49. The number of carbonyl (C=O) groups is 2. The molecule has 6 heteroatoms.